The zero-order valence-corrected chi connectivity index (χ0v) is 23.2. The first-order chi connectivity index (χ1) is 19.0. The zero-order chi connectivity index (χ0) is 26.9. The third-order valence-corrected chi connectivity index (χ3v) is 8.60. The molecule has 0 unspecified atom stereocenters. The van der Waals surface area contributed by atoms with Gasteiger partial charge >= 0.3 is 0 Å². The van der Waals surface area contributed by atoms with E-state index in [-0.39, 0.29) is 0 Å². The maximum Gasteiger partial charge on any atom is 0.135 e. The van der Waals surface area contributed by atoms with Gasteiger partial charge < -0.3 is 4.98 Å². The summed E-state index contributed by atoms with van der Waals surface area (Å²) in [5.41, 5.74) is 9.76. The highest BCUT2D eigenvalue weighted by atomic mass is 32.1. The van der Waals surface area contributed by atoms with Crippen LogP contribution in [0.3, 0.4) is 0 Å². The number of nitrogens with one attached hydrogen (secondary N) is 2. The molecule has 6 nitrogen and oxygen atoms in total. The molecule has 39 heavy (non-hydrogen) atoms. The van der Waals surface area contributed by atoms with Gasteiger partial charge in [-0.1, -0.05) is 25.3 Å². The number of pyridine rings is 2. The largest absolute Gasteiger partial charge is 0.352 e. The maximum atomic E-state index is 5.08. The quantitative estimate of drug-likeness (QED) is 0.199. The highest BCUT2D eigenvalue weighted by molar-refractivity contribution is 7.16. The first-order valence-corrected chi connectivity index (χ1v) is 14.2. The van der Waals surface area contributed by atoms with E-state index in [4.69, 9.17) is 4.98 Å². The minimum atomic E-state index is 0.795. The van der Waals surface area contributed by atoms with Gasteiger partial charge in [-0.05, 0) is 92.9 Å². The molecule has 0 atom stereocenters. The van der Waals surface area contributed by atoms with E-state index in [1.165, 1.54) is 28.2 Å². The van der Waals surface area contributed by atoms with Gasteiger partial charge in [0.25, 0.3) is 0 Å². The van der Waals surface area contributed by atoms with E-state index in [2.05, 4.69) is 87.6 Å². The van der Waals surface area contributed by atoms with E-state index in [1.54, 1.807) is 11.3 Å². The molecule has 0 spiro atoms. The average molecular weight is 533 g/mol. The van der Waals surface area contributed by atoms with Gasteiger partial charge in [0, 0.05) is 33.4 Å². The van der Waals surface area contributed by atoms with E-state index < -0.39 is 0 Å². The van der Waals surface area contributed by atoms with Crippen LogP contribution in [-0.4, -0.2) is 49.7 Å². The SMILES string of the molecule is C=C/C(=C\C(=C/C)c1ccc2[nH]nc(-c3cc4c(-c5ccc(C(=C)C)s5)cncc4[nH]3)c2n1)CN1CCCC1. The van der Waals surface area contributed by atoms with Crippen molar-refractivity contribution in [3.8, 4) is 21.8 Å². The lowest BCUT2D eigenvalue weighted by Gasteiger charge is -2.15. The van der Waals surface area contributed by atoms with Crippen molar-refractivity contribution in [3.05, 3.63) is 90.3 Å². The standard InChI is InChI=1S/C32H32N6S/c1-5-21(19-38-13-7-8-14-38)15-22(6-2)25-9-10-26-31(35-25)32(37-36-26)27-16-23-24(17-33-18-28(23)34-27)30-12-11-29(39-30)20(3)4/h5-6,9-12,15-18,34H,1,3,7-8,13-14,19H2,2,4H3,(H,36,37)/b21-15+,22-6+. The van der Waals surface area contributed by atoms with Gasteiger partial charge in [0.1, 0.15) is 11.2 Å². The summed E-state index contributed by atoms with van der Waals surface area (Å²) in [6.45, 7) is 15.5. The summed E-state index contributed by atoms with van der Waals surface area (Å²) >= 11 is 1.73. The average Bonchev–Trinajstić information content (AvgIpc) is 3.76. The van der Waals surface area contributed by atoms with Crippen molar-refractivity contribution in [2.45, 2.75) is 26.7 Å². The molecule has 0 aliphatic carbocycles. The van der Waals surface area contributed by atoms with Crippen molar-refractivity contribution in [2.24, 2.45) is 0 Å². The molecular weight excluding hydrogens is 500 g/mol. The molecule has 0 amide bonds. The van der Waals surface area contributed by atoms with Crippen molar-refractivity contribution in [2.75, 3.05) is 19.6 Å². The third-order valence-electron chi connectivity index (χ3n) is 7.32. The molecule has 1 aliphatic heterocycles. The summed E-state index contributed by atoms with van der Waals surface area (Å²) in [5.74, 6) is 0. The fourth-order valence-electron chi connectivity index (χ4n) is 5.21. The Morgan fingerprint density at radius 3 is 2.72 bits per heavy atom. The van der Waals surface area contributed by atoms with Crippen molar-refractivity contribution < 1.29 is 0 Å². The highest BCUT2D eigenvalue weighted by Crippen LogP contribution is 2.37. The fourth-order valence-corrected chi connectivity index (χ4v) is 6.16. The zero-order valence-electron chi connectivity index (χ0n) is 22.4. The number of H-pyrrole nitrogens is 2. The molecule has 196 valence electrons. The predicted octanol–water partition coefficient (Wildman–Crippen LogP) is 7.87. The van der Waals surface area contributed by atoms with Crippen LogP contribution in [0.1, 0.15) is 37.3 Å². The molecule has 0 radical (unpaired) electrons. The monoisotopic (exact) mass is 532 g/mol. The molecule has 5 aromatic heterocycles. The normalized spacial score (nSPS) is 15.0. The second kappa shape index (κ2) is 10.6. The smallest absolute Gasteiger partial charge is 0.135 e. The van der Waals surface area contributed by atoms with Crippen molar-refractivity contribution in [1.82, 2.24) is 30.0 Å². The third kappa shape index (κ3) is 4.91. The molecule has 7 heteroatoms. The van der Waals surface area contributed by atoms with Crippen LogP contribution in [-0.2, 0) is 0 Å². The number of hydrogen-bond acceptors (Lipinski definition) is 5. The Bertz CT molecular complexity index is 1760. The van der Waals surface area contributed by atoms with Crippen LogP contribution in [0.2, 0.25) is 0 Å². The van der Waals surface area contributed by atoms with Gasteiger partial charge in [-0.3, -0.25) is 15.0 Å². The van der Waals surface area contributed by atoms with Gasteiger partial charge in [0.2, 0.25) is 0 Å². The van der Waals surface area contributed by atoms with Crippen LogP contribution >= 0.6 is 11.3 Å². The Hall–Kier alpha value is -4.07. The van der Waals surface area contributed by atoms with Crippen molar-refractivity contribution in [1.29, 1.82) is 0 Å². The lowest BCUT2D eigenvalue weighted by atomic mass is 10.1. The number of nitrogens with zero attached hydrogens (tertiary/aromatic N) is 4. The van der Waals surface area contributed by atoms with E-state index in [0.717, 1.165) is 75.4 Å². The molecule has 1 aliphatic rings. The van der Waals surface area contributed by atoms with Crippen LogP contribution in [0.15, 0.2) is 79.7 Å². The molecular formula is C32H32N6S. The Balaban J connectivity index is 1.37. The van der Waals surface area contributed by atoms with Crippen molar-refractivity contribution in [3.63, 3.8) is 0 Å². The molecule has 0 aromatic carbocycles. The van der Waals surface area contributed by atoms with E-state index in [1.807, 2.05) is 25.4 Å². The van der Waals surface area contributed by atoms with E-state index in [9.17, 15) is 0 Å². The number of fused-ring (bicyclic) bond motifs is 2. The molecule has 2 N–H and O–H groups in total. The second-order valence-corrected chi connectivity index (χ2v) is 11.2. The molecule has 1 saturated heterocycles. The molecule has 6 heterocycles. The number of allylic oxidation sites excluding steroid dienone is 4. The minimum Gasteiger partial charge on any atom is -0.352 e. The van der Waals surface area contributed by atoms with Gasteiger partial charge in [-0.15, -0.1) is 11.3 Å². The maximum absolute atomic E-state index is 5.08. The molecule has 6 rings (SSSR count). The summed E-state index contributed by atoms with van der Waals surface area (Å²) in [6, 6.07) is 10.5. The number of hydrogen-bond donors (Lipinski definition) is 2. The molecule has 1 fully saturated rings. The van der Waals surface area contributed by atoms with Crippen LogP contribution in [0.25, 0.3) is 54.9 Å². The number of aromatic amines is 2. The molecule has 0 bridgehead atoms. The summed E-state index contributed by atoms with van der Waals surface area (Å²) in [6.07, 6.45) is 12.6. The topological polar surface area (TPSA) is 73.5 Å². The van der Waals surface area contributed by atoms with Crippen LogP contribution < -0.4 is 0 Å². The van der Waals surface area contributed by atoms with Crippen LogP contribution in [0.5, 0.6) is 0 Å². The first kappa shape index (κ1) is 25.2. The van der Waals surface area contributed by atoms with E-state index in [0.29, 0.717) is 0 Å². The Kier molecular flexibility index (Phi) is 6.85. The van der Waals surface area contributed by atoms with Gasteiger partial charge in [0.05, 0.1) is 28.6 Å². The first-order valence-electron chi connectivity index (χ1n) is 13.3. The van der Waals surface area contributed by atoms with Gasteiger partial charge in [-0.25, -0.2) is 4.98 Å². The van der Waals surface area contributed by atoms with Crippen molar-refractivity contribution >= 4 is 44.4 Å². The Morgan fingerprint density at radius 1 is 1.13 bits per heavy atom. The number of rotatable bonds is 8. The Labute approximate surface area is 232 Å². The highest BCUT2D eigenvalue weighted by Gasteiger charge is 2.17. The lowest BCUT2D eigenvalue weighted by Crippen LogP contribution is -2.21. The Morgan fingerprint density at radius 2 is 1.97 bits per heavy atom. The molecule has 0 saturated carbocycles. The number of thiophene rings is 1. The predicted molar refractivity (Wildman–Crippen MR) is 165 cm³/mol. The minimum absolute atomic E-state index is 0.795. The molecule has 5 aromatic rings. The van der Waals surface area contributed by atoms with E-state index >= 15 is 0 Å². The number of aromatic nitrogens is 5. The van der Waals surface area contributed by atoms with Gasteiger partial charge in [0.15, 0.2) is 0 Å². The second-order valence-electron chi connectivity index (χ2n) is 10.1. The number of likely N-dealkylation sites (tertiary alicyclic amines) is 1. The summed E-state index contributed by atoms with van der Waals surface area (Å²) < 4.78 is 0. The summed E-state index contributed by atoms with van der Waals surface area (Å²) in [7, 11) is 0. The summed E-state index contributed by atoms with van der Waals surface area (Å²) in [4.78, 5) is 17.9. The fraction of sp³-hybridized carbons (Fsp3) is 0.219. The lowest BCUT2D eigenvalue weighted by molar-refractivity contribution is 0.371. The summed E-state index contributed by atoms with van der Waals surface area (Å²) in [5, 5.41) is 8.93. The van der Waals surface area contributed by atoms with Gasteiger partial charge in [-0.2, -0.15) is 5.10 Å². The van der Waals surface area contributed by atoms with Crippen LogP contribution in [0, 0.1) is 0 Å². The van der Waals surface area contributed by atoms with Crippen LogP contribution in [0.4, 0.5) is 0 Å².